The van der Waals surface area contributed by atoms with Crippen molar-refractivity contribution in [2.75, 3.05) is 26.3 Å². The molecule has 0 aliphatic carbocycles. The zero-order valence-electron chi connectivity index (χ0n) is 10.9. The molecule has 2 rings (SSSR count). The quantitative estimate of drug-likeness (QED) is 0.773. The van der Waals surface area contributed by atoms with Crippen LogP contribution in [0.2, 0.25) is 0 Å². The topological polar surface area (TPSA) is 32.7 Å². The number of aliphatic hydroxyl groups is 1. The van der Waals surface area contributed by atoms with Gasteiger partial charge in [-0.1, -0.05) is 6.42 Å². The first-order valence-corrected chi connectivity index (χ1v) is 7.36. The number of aliphatic hydroxyl groups excluding tert-OH is 1. The lowest BCUT2D eigenvalue weighted by Gasteiger charge is -2.35. The van der Waals surface area contributed by atoms with Gasteiger partial charge in [0.1, 0.15) is 0 Å². The van der Waals surface area contributed by atoms with Crippen LogP contribution in [0.4, 0.5) is 0 Å². The number of rotatable bonds is 6. The number of likely N-dealkylation sites (tertiary alicyclic amines) is 1. The Morgan fingerprint density at radius 3 is 2.82 bits per heavy atom. The smallest absolute Gasteiger partial charge is 0.0576 e. The van der Waals surface area contributed by atoms with E-state index in [-0.39, 0.29) is 0 Å². The molecule has 0 radical (unpaired) electrons. The summed E-state index contributed by atoms with van der Waals surface area (Å²) in [6.07, 6.45) is 10.4. The molecule has 2 aliphatic heterocycles. The molecule has 0 amide bonds. The number of hydrogen-bond donors (Lipinski definition) is 1. The van der Waals surface area contributed by atoms with Gasteiger partial charge in [0.15, 0.2) is 0 Å². The fourth-order valence-electron chi connectivity index (χ4n) is 3.22. The molecule has 0 saturated carbocycles. The highest BCUT2D eigenvalue weighted by atomic mass is 16.5. The number of nitrogens with zero attached hydrogens (tertiary/aromatic N) is 1. The Balaban J connectivity index is 1.64. The second-order valence-electron chi connectivity index (χ2n) is 5.48. The predicted molar refractivity (Wildman–Crippen MR) is 69.1 cm³/mol. The summed E-state index contributed by atoms with van der Waals surface area (Å²) in [4.78, 5) is 2.59. The Labute approximate surface area is 105 Å². The fraction of sp³-hybridized carbons (Fsp3) is 1.00. The van der Waals surface area contributed by atoms with Crippen LogP contribution >= 0.6 is 0 Å². The minimum Gasteiger partial charge on any atom is -0.396 e. The molecular weight excluding hydrogens is 214 g/mol. The Hall–Kier alpha value is -0.120. The molecule has 2 heterocycles. The average Bonchev–Trinajstić information content (AvgIpc) is 2.85. The number of piperidine rings is 1. The molecule has 0 spiro atoms. The molecular formula is C14H27NO2. The summed E-state index contributed by atoms with van der Waals surface area (Å²) in [5, 5.41) is 9.09. The molecule has 0 bridgehead atoms. The van der Waals surface area contributed by atoms with Crippen LogP contribution in [0.3, 0.4) is 0 Å². The van der Waals surface area contributed by atoms with E-state index in [2.05, 4.69) is 4.90 Å². The predicted octanol–water partition coefficient (Wildman–Crippen LogP) is 2.18. The molecule has 100 valence electrons. The van der Waals surface area contributed by atoms with E-state index in [1.807, 2.05) is 0 Å². The van der Waals surface area contributed by atoms with E-state index >= 15 is 0 Å². The standard InChI is InChI=1S/C14H27NO2/c16-11-8-13-5-1-2-9-15(13)10-3-6-14-7-4-12-17-14/h13-14,16H,1-12H2. The lowest BCUT2D eigenvalue weighted by Crippen LogP contribution is -2.40. The summed E-state index contributed by atoms with van der Waals surface area (Å²) >= 11 is 0. The van der Waals surface area contributed by atoms with Crippen LogP contribution in [0, 0.1) is 0 Å². The van der Waals surface area contributed by atoms with Crippen molar-refractivity contribution in [2.24, 2.45) is 0 Å². The molecule has 2 aliphatic rings. The molecule has 2 unspecified atom stereocenters. The third-order valence-corrected chi connectivity index (χ3v) is 4.21. The monoisotopic (exact) mass is 241 g/mol. The molecule has 3 nitrogen and oxygen atoms in total. The van der Waals surface area contributed by atoms with Crippen molar-refractivity contribution in [3.63, 3.8) is 0 Å². The van der Waals surface area contributed by atoms with Crippen LogP contribution < -0.4 is 0 Å². The van der Waals surface area contributed by atoms with E-state index in [0.29, 0.717) is 18.8 Å². The van der Waals surface area contributed by atoms with Gasteiger partial charge >= 0.3 is 0 Å². The molecule has 0 aromatic rings. The Bertz CT molecular complexity index is 202. The normalized spacial score (nSPS) is 30.9. The summed E-state index contributed by atoms with van der Waals surface area (Å²) in [5.41, 5.74) is 0. The zero-order valence-corrected chi connectivity index (χ0v) is 10.9. The maximum Gasteiger partial charge on any atom is 0.0576 e. The first-order valence-electron chi connectivity index (χ1n) is 7.36. The van der Waals surface area contributed by atoms with Crippen molar-refractivity contribution >= 4 is 0 Å². The number of hydrogen-bond acceptors (Lipinski definition) is 3. The Morgan fingerprint density at radius 2 is 2.06 bits per heavy atom. The molecule has 2 fully saturated rings. The second-order valence-corrected chi connectivity index (χ2v) is 5.48. The molecule has 3 heteroatoms. The van der Waals surface area contributed by atoms with Crippen molar-refractivity contribution in [2.45, 2.75) is 63.5 Å². The lowest BCUT2D eigenvalue weighted by molar-refractivity contribution is 0.0858. The summed E-state index contributed by atoms with van der Waals surface area (Å²) in [7, 11) is 0. The van der Waals surface area contributed by atoms with Crippen LogP contribution in [0.25, 0.3) is 0 Å². The molecule has 1 N–H and O–H groups in total. The maximum absolute atomic E-state index is 9.09. The number of ether oxygens (including phenoxy) is 1. The molecule has 2 atom stereocenters. The van der Waals surface area contributed by atoms with Gasteiger partial charge in [-0.3, -0.25) is 0 Å². The van der Waals surface area contributed by atoms with Gasteiger partial charge in [0, 0.05) is 19.3 Å². The third-order valence-electron chi connectivity index (χ3n) is 4.21. The van der Waals surface area contributed by atoms with E-state index in [9.17, 15) is 0 Å². The largest absolute Gasteiger partial charge is 0.396 e. The Morgan fingerprint density at radius 1 is 1.12 bits per heavy atom. The summed E-state index contributed by atoms with van der Waals surface area (Å²) in [6.45, 7) is 3.75. The van der Waals surface area contributed by atoms with Crippen LogP contribution in [-0.2, 0) is 4.74 Å². The first kappa shape index (κ1) is 13.3. The summed E-state index contributed by atoms with van der Waals surface area (Å²) in [5.74, 6) is 0. The Kier molecular flexibility index (Phi) is 5.75. The van der Waals surface area contributed by atoms with E-state index < -0.39 is 0 Å². The summed E-state index contributed by atoms with van der Waals surface area (Å²) in [6, 6.07) is 0.637. The highest BCUT2D eigenvalue weighted by Crippen LogP contribution is 2.21. The van der Waals surface area contributed by atoms with E-state index in [0.717, 1.165) is 13.0 Å². The van der Waals surface area contributed by atoms with Gasteiger partial charge in [0.05, 0.1) is 6.10 Å². The van der Waals surface area contributed by atoms with Gasteiger partial charge in [-0.25, -0.2) is 0 Å². The lowest BCUT2D eigenvalue weighted by atomic mass is 9.99. The second kappa shape index (κ2) is 7.34. The van der Waals surface area contributed by atoms with Gasteiger partial charge in [-0.15, -0.1) is 0 Å². The minimum atomic E-state index is 0.340. The van der Waals surface area contributed by atoms with Gasteiger partial charge < -0.3 is 14.7 Å². The van der Waals surface area contributed by atoms with E-state index in [4.69, 9.17) is 9.84 Å². The van der Waals surface area contributed by atoms with Gasteiger partial charge in [-0.2, -0.15) is 0 Å². The molecule has 2 saturated heterocycles. The first-order chi connectivity index (χ1) is 8.40. The molecule has 0 aromatic heterocycles. The fourth-order valence-corrected chi connectivity index (χ4v) is 3.22. The van der Waals surface area contributed by atoms with E-state index in [1.165, 1.54) is 58.0 Å². The highest BCUT2D eigenvalue weighted by molar-refractivity contribution is 4.77. The van der Waals surface area contributed by atoms with Crippen LogP contribution in [0.5, 0.6) is 0 Å². The van der Waals surface area contributed by atoms with Crippen molar-refractivity contribution in [1.29, 1.82) is 0 Å². The maximum atomic E-state index is 9.09. The molecule has 17 heavy (non-hydrogen) atoms. The summed E-state index contributed by atoms with van der Waals surface area (Å²) < 4.78 is 5.66. The van der Waals surface area contributed by atoms with Gasteiger partial charge in [0.2, 0.25) is 0 Å². The van der Waals surface area contributed by atoms with Crippen molar-refractivity contribution < 1.29 is 9.84 Å². The minimum absolute atomic E-state index is 0.340. The van der Waals surface area contributed by atoms with Crippen molar-refractivity contribution in [3.8, 4) is 0 Å². The molecule has 0 aromatic carbocycles. The highest BCUT2D eigenvalue weighted by Gasteiger charge is 2.22. The zero-order chi connectivity index (χ0) is 11.9. The average molecular weight is 241 g/mol. The van der Waals surface area contributed by atoms with Gasteiger partial charge in [-0.05, 0) is 58.0 Å². The van der Waals surface area contributed by atoms with Crippen LogP contribution in [0.15, 0.2) is 0 Å². The van der Waals surface area contributed by atoms with Crippen LogP contribution in [-0.4, -0.2) is 48.5 Å². The van der Waals surface area contributed by atoms with Crippen molar-refractivity contribution in [1.82, 2.24) is 4.90 Å². The van der Waals surface area contributed by atoms with Crippen molar-refractivity contribution in [3.05, 3.63) is 0 Å². The van der Waals surface area contributed by atoms with E-state index in [1.54, 1.807) is 0 Å². The SMILES string of the molecule is OCCC1CCCCN1CCCC1CCCO1. The van der Waals surface area contributed by atoms with Crippen LogP contribution in [0.1, 0.15) is 51.4 Å². The third kappa shape index (κ3) is 4.23. The van der Waals surface area contributed by atoms with Gasteiger partial charge in [0.25, 0.3) is 0 Å².